The van der Waals surface area contributed by atoms with Crippen LogP contribution in [0.3, 0.4) is 0 Å². The molecule has 1 unspecified atom stereocenters. The summed E-state index contributed by atoms with van der Waals surface area (Å²) in [4.78, 5) is 26.4. The molecule has 1 aromatic carbocycles. The lowest BCUT2D eigenvalue weighted by Gasteiger charge is -2.23. The standard InChI is InChI=1S/C19H27N3O2.ClH/c1-22(17-10-11-20-13-17)19(24)16-8-6-14(7-9-16)12-21-18(23)15-4-2-3-5-15;/h6-9,15,17,20H,2-5,10-13H2,1H3,(H,21,23);1H. The lowest BCUT2D eigenvalue weighted by atomic mass is 10.1. The van der Waals surface area contributed by atoms with E-state index in [-0.39, 0.29) is 36.2 Å². The molecule has 138 valence electrons. The molecule has 1 heterocycles. The summed E-state index contributed by atoms with van der Waals surface area (Å²) in [6, 6.07) is 7.87. The topological polar surface area (TPSA) is 61.4 Å². The zero-order chi connectivity index (χ0) is 16.9. The number of hydrogen-bond acceptors (Lipinski definition) is 3. The van der Waals surface area contributed by atoms with Crippen molar-refractivity contribution in [2.75, 3.05) is 20.1 Å². The maximum atomic E-state index is 12.5. The number of halogens is 1. The molecule has 25 heavy (non-hydrogen) atoms. The van der Waals surface area contributed by atoms with Crippen LogP contribution in [-0.2, 0) is 11.3 Å². The van der Waals surface area contributed by atoms with Gasteiger partial charge in [0.2, 0.25) is 5.91 Å². The molecular formula is C19H28ClN3O2. The molecule has 0 spiro atoms. The Kier molecular flexibility index (Phi) is 7.26. The smallest absolute Gasteiger partial charge is 0.253 e. The van der Waals surface area contributed by atoms with Crippen LogP contribution < -0.4 is 10.6 Å². The minimum atomic E-state index is 0. The molecule has 1 aliphatic heterocycles. The molecule has 0 bridgehead atoms. The van der Waals surface area contributed by atoms with Gasteiger partial charge in [0.1, 0.15) is 0 Å². The molecular weight excluding hydrogens is 338 g/mol. The Bertz CT molecular complexity index is 579. The second-order valence-electron chi connectivity index (χ2n) is 6.96. The number of rotatable bonds is 5. The fourth-order valence-corrected chi connectivity index (χ4v) is 3.63. The number of likely N-dealkylation sites (N-methyl/N-ethyl adjacent to an activating group) is 1. The predicted molar refractivity (Wildman–Crippen MR) is 101 cm³/mol. The number of amides is 2. The Morgan fingerprint density at radius 1 is 1.16 bits per heavy atom. The third kappa shape index (κ3) is 4.95. The van der Waals surface area contributed by atoms with Crippen molar-refractivity contribution in [2.45, 2.75) is 44.7 Å². The monoisotopic (exact) mass is 365 g/mol. The molecule has 1 atom stereocenters. The Balaban J connectivity index is 0.00000225. The fourth-order valence-electron chi connectivity index (χ4n) is 3.63. The van der Waals surface area contributed by atoms with E-state index in [9.17, 15) is 9.59 Å². The zero-order valence-electron chi connectivity index (χ0n) is 14.8. The van der Waals surface area contributed by atoms with Crippen LogP contribution in [0.15, 0.2) is 24.3 Å². The van der Waals surface area contributed by atoms with Gasteiger partial charge in [0.05, 0.1) is 0 Å². The summed E-state index contributed by atoms with van der Waals surface area (Å²) in [5.74, 6) is 0.422. The second-order valence-corrected chi connectivity index (χ2v) is 6.96. The average molecular weight is 366 g/mol. The first-order valence-electron chi connectivity index (χ1n) is 8.99. The number of carbonyl (C=O) groups excluding carboxylic acids is 2. The van der Waals surface area contributed by atoms with E-state index in [2.05, 4.69) is 10.6 Å². The van der Waals surface area contributed by atoms with Crippen LogP contribution in [0.5, 0.6) is 0 Å². The van der Waals surface area contributed by atoms with Crippen molar-refractivity contribution in [1.82, 2.24) is 15.5 Å². The highest BCUT2D eigenvalue weighted by atomic mass is 35.5. The van der Waals surface area contributed by atoms with Gasteiger partial charge in [0, 0.05) is 37.7 Å². The molecule has 0 aromatic heterocycles. The first-order chi connectivity index (χ1) is 11.6. The first-order valence-corrected chi connectivity index (χ1v) is 8.99. The second kappa shape index (κ2) is 9.20. The summed E-state index contributed by atoms with van der Waals surface area (Å²) >= 11 is 0. The highest BCUT2D eigenvalue weighted by molar-refractivity contribution is 5.94. The summed E-state index contributed by atoms with van der Waals surface area (Å²) in [6.07, 6.45) is 5.37. The lowest BCUT2D eigenvalue weighted by molar-refractivity contribution is -0.124. The minimum Gasteiger partial charge on any atom is -0.352 e. The van der Waals surface area contributed by atoms with Crippen molar-refractivity contribution in [2.24, 2.45) is 5.92 Å². The SMILES string of the molecule is CN(C(=O)c1ccc(CNC(=O)C2CCCC2)cc1)C1CCNC1.Cl. The van der Waals surface area contributed by atoms with Crippen molar-refractivity contribution in [3.63, 3.8) is 0 Å². The van der Waals surface area contributed by atoms with Gasteiger partial charge in [0.15, 0.2) is 0 Å². The van der Waals surface area contributed by atoms with Gasteiger partial charge in [-0.15, -0.1) is 12.4 Å². The molecule has 1 aromatic rings. The van der Waals surface area contributed by atoms with Gasteiger partial charge in [-0.25, -0.2) is 0 Å². The number of benzene rings is 1. The summed E-state index contributed by atoms with van der Waals surface area (Å²) < 4.78 is 0. The van der Waals surface area contributed by atoms with E-state index in [0.29, 0.717) is 12.1 Å². The molecule has 6 heteroatoms. The Morgan fingerprint density at radius 2 is 1.84 bits per heavy atom. The largest absolute Gasteiger partial charge is 0.352 e. The third-order valence-electron chi connectivity index (χ3n) is 5.30. The van der Waals surface area contributed by atoms with Crippen LogP contribution in [0.25, 0.3) is 0 Å². The van der Waals surface area contributed by atoms with Crippen LogP contribution in [-0.4, -0.2) is 42.9 Å². The maximum absolute atomic E-state index is 12.5. The molecule has 3 rings (SSSR count). The molecule has 1 saturated carbocycles. The van der Waals surface area contributed by atoms with Crippen LogP contribution in [0.1, 0.15) is 48.0 Å². The van der Waals surface area contributed by atoms with E-state index < -0.39 is 0 Å². The molecule has 2 amide bonds. The van der Waals surface area contributed by atoms with E-state index in [0.717, 1.165) is 37.9 Å². The van der Waals surface area contributed by atoms with E-state index in [4.69, 9.17) is 0 Å². The molecule has 1 aliphatic carbocycles. The van der Waals surface area contributed by atoms with Gasteiger partial charge < -0.3 is 15.5 Å². The van der Waals surface area contributed by atoms with Crippen LogP contribution in [0.4, 0.5) is 0 Å². The van der Waals surface area contributed by atoms with Gasteiger partial charge in [0.25, 0.3) is 5.91 Å². The average Bonchev–Trinajstić information content (AvgIpc) is 3.32. The summed E-state index contributed by atoms with van der Waals surface area (Å²) in [5.41, 5.74) is 1.73. The van der Waals surface area contributed by atoms with Crippen LogP contribution in [0, 0.1) is 5.92 Å². The quantitative estimate of drug-likeness (QED) is 0.842. The van der Waals surface area contributed by atoms with E-state index in [1.54, 1.807) is 0 Å². The van der Waals surface area contributed by atoms with Crippen LogP contribution in [0.2, 0.25) is 0 Å². The maximum Gasteiger partial charge on any atom is 0.253 e. The molecule has 5 nitrogen and oxygen atoms in total. The summed E-state index contributed by atoms with van der Waals surface area (Å²) in [5, 5.41) is 6.30. The highest BCUT2D eigenvalue weighted by Crippen LogP contribution is 2.24. The van der Waals surface area contributed by atoms with E-state index in [1.165, 1.54) is 12.8 Å². The van der Waals surface area contributed by atoms with Gasteiger partial charge in [-0.2, -0.15) is 0 Å². The fraction of sp³-hybridized carbons (Fsp3) is 0.579. The lowest BCUT2D eigenvalue weighted by Crippen LogP contribution is -2.38. The number of nitrogens with zero attached hydrogens (tertiary/aromatic N) is 1. The van der Waals surface area contributed by atoms with Gasteiger partial charge >= 0.3 is 0 Å². The van der Waals surface area contributed by atoms with Gasteiger partial charge in [-0.05, 0) is 43.5 Å². The Hall–Kier alpha value is -1.59. The number of nitrogens with one attached hydrogen (secondary N) is 2. The highest BCUT2D eigenvalue weighted by Gasteiger charge is 2.24. The predicted octanol–water partition coefficient (Wildman–Crippen LogP) is 2.35. The summed E-state index contributed by atoms with van der Waals surface area (Å²) in [7, 11) is 1.87. The first kappa shape index (κ1) is 19.7. The van der Waals surface area contributed by atoms with Crippen LogP contribution >= 0.6 is 12.4 Å². The van der Waals surface area contributed by atoms with E-state index >= 15 is 0 Å². The summed E-state index contributed by atoms with van der Waals surface area (Å²) in [6.45, 7) is 2.38. The molecule has 0 radical (unpaired) electrons. The third-order valence-corrected chi connectivity index (χ3v) is 5.30. The van der Waals surface area contributed by atoms with Gasteiger partial charge in [-0.1, -0.05) is 25.0 Å². The molecule has 2 aliphatic rings. The van der Waals surface area contributed by atoms with Crippen molar-refractivity contribution >= 4 is 24.2 Å². The van der Waals surface area contributed by atoms with Gasteiger partial charge in [-0.3, -0.25) is 9.59 Å². The van der Waals surface area contributed by atoms with Crippen molar-refractivity contribution < 1.29 is 9.59 Å². The number of carbonyl (C=O) groups is 2. The minimum absolute atomic E-state index is 0. The Morgan fingerprint density at radius 3 is 2.44 bits per heavy atom. The van der Waals surface area contributed by atoms with Crippen molar-refractivity contribution in [3.05, 3.63) is 35.4 Å². The van der Waals surface area contributed by atoms with Crippen molar-refractivity contribution in [3.8, 4) is 0 Å². The van der Waals surface area contributed by atoms with Crippen molar-refractivity contribution in [1.29, 1.82) is 0 Å². The molecule has 1 saturated heterocycles. The van der Waals surface area contributed by atoms with E-state index in [1.807, 2.05) is 36.2 Å². The normalized spacial score (nSPS) is 20.1. The Labute approximate surface area is 155 Å². The molecule has 2 N–H and O–H groups in total. The zero-order valence-corrected chi connectivity index (χ0v) is 15.6. The number of hydrogen-bond donors (Lipinski definition) is 2. The molecule has 2 fully saturated rings.